The first-order chi connectivity index (χ1) is 13.2. The van der Waals surface area contributed by atoms with Gasteiger partial charge in [-0.25, -0.2) is 0 Å². The third-order valence-electron chi connectivity index (χ3n) is 5.31. The molecular weight excluding hydrogens is 342 g/mol. The van der Waals surface area contributed by atoms with Gasteiger partial charge in [0.25, 0.3) is 0 Å². The van der Waals surface area contributed by atoms with E-state index in [2.05, 4.69) is 17.4 Å². The number of ketones is 1. The van der Waals surface area contributed by atoms with Crippen LogP contribution in [0.1, 0.15) is 41.6 Å². The van der Waals surface area contributed by atoms with E-state index < -0.39 is 0 Å². The minimum atomic E-state index is -0.0805. The molecule has 4 rings (SSSR count). The molecule has 1 saturated carbocycles. The van der Waals surface area contributed by atoms with Crippen molar-refractivity contribution in [2.24, 2.45) is 0 Å². The fraction of sp³-hybridized carbons (Fsp3) is 0.364. The van der Waals surface area contributed by atoms with Crippen LogP contribution >= 0.6 is 0 Å². The molecule has 2 aliphatic rings. The van der Waals surface area contributed by atoms with E-state index >= 15 is 0 Å². The Bertz CT molecular complexity index is 843. The highest BCUT2D eigenvalue weighted by Crippen LogP contribution is 2.47. The lowest BCUT2D eigenvalue weighted by molar-refractivity contribution is -0.121. The lowest BCUT2D eigenvalue weighted by Gasteiger charge is -2.18. The Labute approximate surface area is 158 Å². The zero-order chi connectivity index (χ0) is 18.7. The number of amides is 1. The number of benzene rings is 2. The van der Waals surface area contributed by atoms with Crippen molar-refractivity contribution in [2.75, 3.05) is 19.8 Å². The van der Waals surface area contributed by atoms with Crippen LogP contribution in [0.2, 0.25) is 0 Å². The predicted octanol–water partition coefficient (Wildman–Crippen LogP) is 3.27. The molecule has 1 aliphatic carbocycles. The van der Waals surface area contributed by atoms with E-state index in [1.807, 2.05) is 18.2 Å². The number of ether oxygens (including phenoxy) is 2. The van der Waals surface area contributed by atoms with Crippen molar-refractivity contribution >= 4 is 11.7 Å². The predicted molar refractivity (Wildman–Crippen MR) is 101 cm³/mol. The number of nitrogens with one attached hydrogen (secondary N) is 1. The zero-order valence-corrected chi connectivity index (χ0v) is 15.2. The average Bonchev–Trinajstić information content (AvgIpc) is 3.52. The summed E-state index contributed by atoms with van der Waals surface area (Å²) in [5.41, 5.74) is 1.91. The quantitative estimate of drug-likeness (QED) is 0.765. The maximum absolute atomic E-state index is 12.4. The van der Waals surface area contributed by atoms with Crippen molar-refractivity contribution in [3.05, 3.63) is 59.7 Å². The molecule has 1 amide bonds. The van der Waals surface area contributed by atoms with Gasteiger partial charge in [0.05, 0.1) is 0 Å². The van der Waals surface area contributed by atoms with Gasteiger partial charge in [-0.1, -0.05) is 30.3 Å². The zero-order valence-electron chi connectivity index (χ0n) is 15.2. The summed E-state index contributed by atoms with van der Waals surface area (Å²) < 4.78 is 11.0. The summed E-state index contributed by atoms with van der Waals surface area (Å²) in [7, 11) is 0. The molecular formula is C22H23NO4. The molecule has 140 valence electrons. The highest BCUT2D eigenvalue weighted by molar-refractivity contribution is 5.98. The first-order valence-electron chi connectivity index (χ1n) is 9.41. The van der Waals surface area contributed by atoms with Crippen LogP contribution in [0.5, 0.6) is 11.5 Å². The van der Waals surface area contributed by atoms with Gasteiger partial charge in [-0.15, -0.1) is 0 Å². The molecule has 2 aromatic rings. The van der Waals surface area contributed by atoms with Crippen LogP contribution in [0.15, 0.2) is 48.5 Å². The first-order valence-corrected chi connectivity index (χ1v) is 9.41. The second-order valence-corrected chi connectivity index (χ2v) is 7.20. The number of carbonyl (C=O) groups excluding carboxylic acids is 2. The number of rotatable bonds is 7. The highest BCUT2D eigenvalue weighted by Gasteiger charge is 2.44. The molecule has 0 bridgehead atoms. The molecule has 0 aromatic heterocycles. The molecule has 0 unspecified atom stereocenters. The highest BCUT2D eigenvalue weighted by atomic mass is 16.6. The van der Waals surface area contributed by atoms with E-state index in [1.54, 1.807) is 18.2 Å². The molecule has 0 spiro atoms. The van der Waals surface area contributed by atoms with Crippen molar-refractivity contribution in [1.82, 2.24) is 5.32 Å². The summed E-state index contributed by atoms with van der Waals surface area (Å²) in [6.45, 7) is 1.63. The maximum atomic E-state index is 12.4. The summed E-state index contributed by atoms with van der Waals surface area (Å²) in [4.78, 5) is 24.6. The topological polar surface area (TPSA) is 64.6 Å². The normalized spacial score (nSPS) is 16.4. The Morgan fingerprint density at radius 3 is 2.41 bits per heavy atom. The molecule has 1 aliphatic heterocycles. The van der Waals surface area contributed by atoms with Gasteiger partial charge in [0, 0.05) is 30.4 Å². The molecule has 27 heavy (non-hydrogen) atoms. The van der Waals surface area contributed by atoms with E-state index in [-0.39, 0.29) is 29.9 Å². The lowest BCUT2D eigenvalue weighted by atomic mass is 9.96. The van der Waals surface area contributed by atoms with Gasteiger partial charge in [-0.05, 0) is 36.6 Å². The third kappa shape index (κ3) is 3.97. The van der Waals surface area contributed by atoms with E-state index in [1.165, 1.54) is 5.56 Å². The maximum Gasteiger partial charge on any atom is 0.220 e. The summed E-state index contributed by atoms with van der Waals surface area (Å²) in [5, 5.41) is 3.00. The van der Waals surface area contributed by atoms with Gasteiger partial charge >= 0.3 is 0 Å². The summed E-state index contributed by atoms with van der Waals surface area (Å²) in [6, 6.07) is 15.5. The van der Waals surface area contributed by atoms with E-state index in [0.29, 0.717) is 36.8 Å². The molecule has 0 radical (unpaired) electrons. The number of carbonyl (C=O) groups is 2. The van der Waals surface area contributed by atoms with Crippen LogP contribution in [0.4, 0.5) is 0 Å². The largest absolute Gasteiger partial charge is 0.486 e. The van der Waals surface area contributed by atoms with Crippen LogP contribution in [0, 0.1) is 0 Å². The number of fused-ring (bicyclic) bond motifs is 1. The van der Waals surface area contributed by atoms with Crippen LogP contribution in [0.25, 0.3) is 0 Å². The smallest absolute Gasteiger partial charge is 0.220 e. The number of hydrogen-bond donors (Lipinski definition) is 1. The number of hydrogen-bond acceptors (Lipinski definition) is 4. The van der Waals surface area contributed by atoms with E-state index in [9.17, 15) is 9.59 Å². The summed E-state index contributed by atoms with van der Waals surface area (Å²) in [5.74, 6) is 1.11. The first kappa shape index (κ1) is 17.6. The average molecular weight is 365 g/mol. The van der Waals surface area contributed by atoms with Crippen molar-refractivity contribution in [2.45, 2.75) is 31.1 Å². The van der Waals surface area contributed by atoms with Crippen molar-refractivity contribution in [3.63, 3.8) is 0 Å². The van der Waals surface area contributed by atoms with Crippen molar-refractivity contribution < 1.29 is 19.1 Å². The third-order valence-corrected chi connectivity index (χ3v) is 5.31. The lowest BCUT2D eigenvalue weighted by Crippen LogP contribution is -2.32. The van der Waals surface area contributed by atoms with Gasteiger partial charge in [-0.3, -0.25) is 9.59 Å². The van der Waals surface area contributed by atoms with Gasteiger partial charge in [0.1, 0.15) is 13.2 Å². The molecule has 1 N–H and O–H groups in total. The Balaban J connectivity index is 1.27. The van der Waals surface area contributed by atoms with Gasteiger partial charge < -0.3 is 14.8 Å². The second-order valence-electron chi connectivity index (χ2n) is 7.20. The minimum absolute atomic E-state index is 0.0636. The van der Waals surface area contributed by atoms with Gasteiger partial charge in [0.2, 0.25) is 5.91 Å². The molecule has 0 atom stereocenters. The van der Waals surface area contributed by atoms with Crippen LogP contribution in [-0.2, 0) is 10.2 Å². The standard InChI is InChI=1S/C22H23NO4/c24-18(16-6-8-19-20(14-16)27-13-12-26-19)7-9-21(25)23-15-22(10-11-22)17-4-2-1-3-5-17/h1-6,8,14H,7,9-13,15H2,(H,23,25). The van der Waals surface area contributed by atoms with E-state index in [0.717, 1.165) is 12.8 Å². The summed E-state index contributed by atoms with van der Waals surface area (Å²) >= 11 is 0. The molecule has 5 heteroatoms. The van der Waals surface area contributed by atoms with Crippen LogP contribution in [-0.4, -0.2) is 31.4 Å². The van der Waals surface area contributed by atoms with Crippen molar-refractivity contribution in [1.29, 1.82) is 0 Å². The van der Waals surface area contributed by atoms with E-state index in [4.69, 9.17) is 9.47 Å². The minimum Gasteiger partial charge on any atom is -0.486 e. The summed E-state index contributed by atoms with van der Waals surface area (Å²) in [6.07, 6.45) is 2.56. The molecule has 1 fully saturated rings. The molecule has 2 aromatic carbocycles. The second kappa shape index (κ2) is 7.43. The fourth-order valence-electron chi connectivity index (χ4n) is 3.45. The molecule has 1 heterocycles. The van der Waals surface area contributed by atoms with Crippen molar-refractivity contribution in [3.8, 4) is 11.5 Å². The van der Waals surface area contributed by atoms with Crippen LogP contribution < -0.4 is 14.8 Å². The SMILES string of the molecule is O=C(CCC(=O)c1ccc2c(c1)OCCO2)NCC1(c2ccccc2)CC1. The Morgan fingerprint density at radius 1 is 0.926 bits per heavy atom. The Hall–Kier alpha value is -2.82. The Morgan fingerprint density at radius 2 is 1.67 bits per heavy atom. The molecule has 5 nitrogen and oxygen atoms in total. The number of Topliss-reactive ketones (excluding diaryl/α,β-unsaturated/α-hetero) is 1. The fourth-order valence-corrected chi connectivity index (χ4v) is 3.45. The van der Waals surface area contributed by atoms with Gasteiger partial charge in [-0.2, -0.15) is 0 Å². The molecule has 0 saturated heterocycles. The Kier molecular flexibility index (Phi) is 4.84. The van der Waals surface area contributed by atoms with Crippen LogP contribution in [0.3, 0.4) is 0 Å². The monoisotopic (exact) mass is 365 g/mol. The van der Waals surface area contributed by atoms with Gasteiger partial charge in [0.15, 0.2) is 17.3 Å².